The molecule has 1 aromatic carbocycles. The molecule has 0 aliphatic rings. The number of carbonyl (C=O) groups excluding carboxylic acids is 1. The van der Waals surface area contributed by atoms with Crippen molar-refractivity contribution in [2.24, 2.45) is 0 Å². The van der Waals surface area contributed by atoms with Gasteiger partial charge in [-0.2, -0.15) is 0 Å². The molecule has 0 saturated heterocycles. The summed E-state index contributed by atoms with van der Waals surface area (Å²) in [6.45, 7) is 0.492. The molecule has 134 valence electrons. The van der Waals surface area contributed by atoms with Gasteiger partial charge in [0, 0.05) is 24.5 Å². The molecule has 0 bridgehead atoms. The van der Waals surface area contributed by atoms with Crippen LogP contribution in [0.15, 0.2) is 60.9 Å². The molecule has 2 N–H and O–H groups in total. The monoisotopic (exact) mass is 377 g/mol. The SMILES string of the molecule is O=C(NCCc1ccc(Cl)nc1)c1ccnc2nc(-c3ccccc3)[nH]c12. The van der Waals surface area contributed by atoms with Crippen LogP contribution in [0.4, 0.5) is 0 Å². The number of hydrogen-bond donors (Lipinski definition) is 2. The molecule has 4 aromatic rings. The second kappa shape index (κ2) is 7.55. The van der Waals surface area contributed by atoms with E-state index in [2.05, 4.69) is 25.3 Å². The van der Waals surface area contributed by atoms with Gasteiger partial charge in [-0.15, -0.1) is 0 Å². The van der Waals surface area contributed by atoms with Gasteiger partial charge in [0.1, 0.15) is 11.0 Å². The predicted molar refractivity (Wildman–Crippen MR) is 105 cm³/mol. The van der Waals surface area contributed by atoms with E-state index >= 15 is 0 Å². The summed E-state index contributed by atoms with van der Waals surface area (Å²) < 4.78 is 0. The lowest BCUT2D eigenvalue weighted by atomic mass is 10.2. The number of imidazole rings is 1. The topological polar surface area (TPSA) is 83.6 Å². The van der Waals surface area contributed by atoms with Crippen molar-refractivity contribution in [3.8, 4) is 11.4 Å². The maximum Gasteiger partial charge on any atom is 0.253 e. The molecule has 4 rings (SSSR count). The maximum absolute atomic E-state index is 12.6. The molecule has 0 aliphatic heterocycles. The van der Waals surface area contributed by atoms with Crippen molar-refractivity contribution in [2.45, 2.75) is 6.42 Å². The summed E-state index contributed by atoms with van der Waals surface area (Å²) in [7, 11) is 0. The number of carbonyl (C=O) groups is 1. The molecular formula is C20H16ClN5O. The number of nitrogens with zero attached hydrogens (tertiary/aromatic N) is 3. The summed E-state index contributed by atoms with van der Waals surface area (Å²) in [4.78, 5) is 28.6. The number of hydrogen-bond acceptors (Lipinski definition) is 4. The average Bonchev–Trinajstić information content (AvgIpc) is 3.14. The minimum atomic E-state index is -0.174. The number of halogens is 1. The molecule has 0 fully saturated rings. The fourth-order valence-electron chi connectivity index (χ4n) is 2.80. The van der Waals surface area contributed by atoms with E-state index in [-0.39, 0.29) is 5.91 Å². The molecule has 0 radical (unpaired) electrons. The lowest BCUT2D eigenvalue weighted by Gasteiger charge is -2.06. The number of aromatic amines is 1. The molecule has 0 aliphatic carbocycles. The third-order valence-electron chi connectivity index (χ3n) is 4.17. The van der Waals surface area contributed by atoms with Crippen molar-refractivity contribution < 1.29 is 4.79 Å². The highest BCUT2D eigenvalue weighted by molar-refractivity contribution is 6.29. The Morgan fingerprint density at radius 3 is 2.70 bits per heavy atom. The first kappa shape index (κ1) is 17.2. The fraction of sp³-hybridized carbons (Fsp3) is 0.100. The summed E-state index contributed by atoms with van der Waals surface area (Å²) in [5.74, 6) is 0.512. The van der Waals surface area contributed by atoms with E-state index in [1.807, 2.05) is 36.4 Å². The van der Waals surface area contributed by atoms with Crippen molar-refractivity contribution in [1.82, 2.24) is 25.3 Å². The molecule has 0 saturated carbocycles. The van der Waals surface area contributed by atoms with Crippen LogP contribution in [0.2, 0.25) is 5.15 Å². The van der Waals surface area contributed by atoms with Gasteiger partial charge >= 0.3 is 0 Å². The highest BCUT2D eigenvalue weighted by Gasteiger charge is 2.14. The molecule has 6 nitrogen and oxygen atoms in total. The summed E-state index contributed by atoms with van der Waals surface area (Å²) in [5.41, 5.74) is 3.61. The van der Waals surface area contributed by atoms with Gasteiger partial charge in [-0.05, 0) is 24.1 Å². The van der Waals surface area contributed by atoms with Gasteiger partial charge in [0.05, 0.1) is 11.1 Å². The quantitative estimate of drug-likeness (QED) is 0.520. The smallest absolute Gasteiger partial charge is 0.253 e. The van der Waals surface area contributed by atoms with Crippen molar-refractivity contribution in [3.05, 3.63) is 77.2 Å². The Morgan fingerprint density at radius 1 is 1.07 bits per heavy atom. The first-order valence-electron chi connectivity index (χ1n) is 8.49. The van der Waals surface area contributed by atoms with Crippen LogP contribution in [0.25, 0.3) is 22.6 Å². The van der Waals surface area contributed by atoms with Gasteiger partial charge in [-0.1, -0.05) is 48.0 Å². The molecule has 3 aromatic heterocycles. The number of fused-ring (bicyclic) bond motifs is 1. The zero-order valence-electron chi connectivity index (χ0n) is 14.3. The Labute approximate surface area is 160 Å². The molecule has 27 heavy (non-hydrogen) atoms. The summed E-state index contributed by atoms with van der Waals surface area (Å²) >= 11 is 5.78. The Morgan fingerprint density at radius 2 is 1.93 bits per heavy atom. The second-order valence-corrected chi connectivity index (χ2v) is 6.39. The van der Waals surface area contributed by atoms with E-state index in [1.165, 1.54) is 0 Å². The molecule has 1 amide bonds. The van der Waals surface area contributed by atoms with Gasteiger partial charge in [0.2, 0.25) is 0 Å². The third kappa shape index (κ3) is 3.80. The highest BCUT2D eigenvalue weighted by Crippen LogP contribution is 2.21. The third-order valence-corrected chi connectivity index (χ3v) is 4.40. The number of pyridine rings is 2. The zero-order valence-corrected chi connectivity index (χ0v) is 15.1. The Kier molecular flexibility index (Phi) is 4.80. The van der Waals surface area contributed by atoms with Crippen LogP contribution in [0.5, 0.6) is 0 Å². The van der Waals surface area contributed by atoms with Crippen LogP contribution in [-0.2, 0) is 6.42 Å². The fourth-order valence-corrected chi connectivity index (χ4v) is 2.91. The van der Waals surface area contributed by atoms with Gasteiger partial charge in [0.25, 0.3) is 5.91 Å². The molecule has 0 spiro atoms. The van der Waals surface area contributed by atoms with Crippen molar-refractivity contribution in [1.29, 1.82) is 0 Å². The lowest BCUT2D eigenvalue weighted by molar-refractivity contribution is 0.0955. The Bertz CT molecular complexity index is 1080. The number of amides is 1. The number of rotatable bonds is 5. The van der Waals surface area contributed by atoms with Crippen LogP contribution < -0.4 is 5.32 Å². The van der Waals surface area contributed by atoms with Crippen LogP contribution in [0, 0.1) is 0 Å². The normalized spacial score (nSPS) is 10.9. The largest absolute Gasteiger partial charge is 0.352 e. The number of H-pyrrole nitrogens is 1. The van der Waals surface area contributed by atoms with Gasteiger partial charge in [-0.3, -0.25) is 4.79 Å². The van der Waals surface area contributed by atoms with E-state index in [4.69, 9.17) is 11.6 Å². The van der Waals surface area contributed by atoms with Crippen LogP contribution in [0.1, 0.15) is 15.9 Å². The summed E-state index contributed by atoms with van der Waals surface area (Å²) in [6.07, 6.45) is 3.97. The Hall–Kier alpha value is -3.25. The van der Waals surface area contributed by atoms with Crippen molar-refractivity contribution in [2.75, 3.05) is 6.54 Å². The molecule has 3 heterocycles. The zero-order chi connectivity index (χ0) is 18.6. The minimum absolute atomic E-state index is 0.174. The minimum Gasteiger partial charge on any atom is -0.352 e. The van der Waals surface area contributed by atoms with Crippen LogP contribution >= 0.6 is 11.6 Å². The first-order valence-corrected chi connectivity index (χ1v) is 8.87. The van der Waals surface area contributed by atoms with Crippen molar-refractivity contribution >= 4 is 28.7 Å². The van der Waals surface area contributed by atoms with Gasteiger partial charge < -0.3 is 10.3 Å². The predicted octanol–water partition coefficient (Wildman–Crippen LogP) is 3.65. The van der Waals surface area contributed by atoms with Gasteiger partial charge in [0.15, 0.2) is 5.65 Å². The molecular weight excluding hydrogens is 362 g/mol. The standard InChI is InChI=1S/C20H16ClN5O/c21-16-7-6-13(12-24-16)8-10-23-20(27)15-9-11-22-19-17(15)25-18(26-19)14-4-2-1-3-5-14/h1-7,9,11-12H,8,10H2,(H,23,27)(H,22,25,26). The number of benzene rings is 1. The number of nitrogens with one attached hydrogen (secondary N) is 2. The summed E-state index contributed by atoms with van der Waals surface area (Å²) in [6, 6.07) is 15.1. The van der Waals surface area contributed by atoms with E-state index < -0.39 is 0 Å². The maximum atomic E-state index is 12.6. The first-order chi connectivity index (χ1) is 13.2. The molecule has 0 atom stereocenters. The summed E-state index contributed by atoms with van der Waals surface area (Å²) in [5, 5.41) is 3.38. The Balaban J connectivity index is 1.51. The van der Waals surface area contributed by atoms with Crippen molar-refractivity contribution in [3.63, 3.8) is 0 Å². The highest BCUT2D eigenvalue weighted by atomic mass is 35.5. The van der Waals surface area contributed by atoms with E-state index in [1.54, 1.807) is 24.5 Å². The molecule has 0 unspecified atom stereocenters. The van der Waals surface area contributed by atoms with Crippen LogP contribution in [0.3, 0.4) is 0 Å². The van der Waals surface area contributed by atoms with E-state index in [0.717, 1.165) is 11.1 Å². The van der Waals surface area contributed by atoms with Crippen LogP contribution in [-0.4, -0.2) is 32.4 Å². The molecule has 7 heteroatoms. The lowest BCUT2D eigenvalue weighted by Crippen LogP contribution is -2.26. The van der Waals surface area contributed by atoms with Gasteiger partial charge in [-0.25, -0.2) is 15.0 Å². The number of aromatic nitrogens is 4. The van der Waals surface area contributed by atoms with E-state index in [9.17, 15) is 4.79 Å². The second-order valence-electron chi connectivity index (χ2n) is 6.00. The van der Waals surface area contributed by atoms with E-state index in [0.29, 0.717) is 40.7 Å². The average molecular weight is 378 g/mol.